The lowest BCUT2D eigenvalue weighted by molar-refractivity contribution is 0.108. The van der Waals surface area contributed by atoms with E-state index in [0.29, 0.717) is 0 Å². The lowest BCUT2D eigenvalue weighted by atomic mass is 10.0. The SMILES string of the molecule is Cc1ccc(CN2CC[C@@H](O)[C@@H]2Cc2cccnc2)o1. The Morgan fingerprint density at radius 3 is 3.00 bits per heavy atom. The largest absolute Gasteiger partial charge is 0.465 e. The molecule has 0 amide bonds. The number of aliphatic hydroxyl groups excluding tert-OH is 1. The molecular formula is C16H20N2O2. The number of rotatable bonds is 4. The minimum Gasteiger partial charge on any atom is -0.465 e. The highest BCUT2D eigenvalue weighted by Gasteiger charge is 2.33. The predicted octanol–water partition coefficient (Wildman–Crippen LogP) is 2.16. The Bertz CT molecular complexity index is 553. The van der Waals surface area contributed by atoms with Gasteiger partial charge in [0.05, 0.1) is 12.6 Å². The summed E-state index contributed by atoms with van der Waals surface area (Å²) in [5.41, 5.74) is 1.17. The minimum absolute atomic E-state index is 0.143. The van der Waals surface area contributed by atoms with Gasteiger partial charge in [-0.05, 0) is 43.5 Å². The zero-order valence-electron chi connectivity index (χ0n) is 11.7. The van der Waals surface area contributed by atoms with E-state index in [4.69, 9.17) is 4.42 Å². The molecule has 0 spiro atoms. The van der Waals surface area contributed by atoms with Gasteiger partial charge in [-0.3, -0.25) is 9.88 Å². The Hall–Kier alpha value is -1.65. The summed E-state index contributed by atoms with van der Waals surface area (Å²) < 4.78 is 5.64. The number of hydrogen-bond acceptors (Lipinski definition) is 4. The molecule has 1 aliphatic heterocycles. The molecule has 2 aromatic heterocycles. The molecule has 3 heterocycles. The summed E-state index contributed by atoms with van der Waals surface area (Å²) >= 11 is 0. The van der Waals surface area contributed by atoms with Crippen LogP contribution in [-0.4, -0.2) is 33.7 Å². The van der Waals surface area contributed by atoms with Gasteiger partial charge in [0, 0.05) is 25.0 Å². The van der Waals surface area contributed by atoms with Gasteiger partial charge in [-0.15, -0.1) is 0 Å². The van der Waals surface area contributed by atoms with Gasteiger partial charge in [0.15, 0.2) is 0 Å². The molecule has 0 radical (unpaired) electrons. The molecule has 106 valence electrons. The Balaban J connectivity index is 1.70. The van der Waals surface area contributed by atoms with Gasteiger partial charge in [0.2, 0.25) is 0 Å². The molecule has 0 aromatic carbocycles. The highest BCUT2D eigenvalue weighted by molar-refractivity contribution is 5.12. The van der Waals surface area contributed by atoms with Crippen molar-refractivity contribution in [3.05, 3.63) is 53.7 Å². The summed E-state index contributed by atoms with van der Waals surface area (Å²) in [6, 6.07) is 8.15. The molecule has 1 fully saturated rings. The number of likely N-dealkylation sites (tertiary alicyclic amines) is 1. The van der Waals surface area contributed by atoms with Crippen molar-refractivity contribution in [2.45, 2.75) is 38.5 Å². The van der Waals surface area contributed by atoms with Crippen molar-refractivity contribution in [1.82, 2.24) is 9.88 Å². The average Bonchev–Trinajstić information content (AvgIpc) is 3.01. The summed E-state index contributed by atoms with van der Waals surface area (Å²) in [5, 5.41) is 10.2. The number of nitrogens with zero attached hydrogens (tertiary/aromatic N) is 2. The maximum atomic E-state index is 10.2. The molecule has 1 saturated heterocycles. The van der Waals surface area contributed by atoms with Gasteiger partial charge in [0.1, 0.15) is 11.5 Å². The number of hydrogen-bond donors (Lipinski definition) is 1. The third kappa shape index (κ3) is 2.92. The van der Waals surface area contributed by atoms with E-state index in [2.05, 4.69) is 16.0 Å². The summed E-state index contributed by atoms with van der Waals surface area (Å²) in [7, 11) is 0. The first-order valence-corrected chi connectivity index (χ1v) is 7.09. The molecule has 2 aromatic rings. The van der Waals surface area contributed by atoms with Crippen molar-refractivity contribution in [2.24, 2.45) is 0 Å². The number of furan rings is 1. The van der Waals surface area contributed by atoms with Crippen LogP contribution in [0.5, 0.6) is 0 Å². The second-order valence-corrected chi connectivity index (χ2v) is 5.47. The maximum absolute atomic E-state index is 10.2. The van der Waals surface area contributed by atoms with Crippen LogP contribution in [0.3, 0.4) is 0 Å². The lowest BCUT2D eigenvalue weighted by Crippen LogP contribution is -2.36. The third-order valence-electron chi connectivity index (χ3n) is 3.95. The standard InChI is InChI=1S/C16H20N2O2/c1-12-4-5-14(20-12)11-18-8-6-16(19)15(18)9-13-3-2-7-17-10-13/h2-5,7,10,15-16,19H,6,8-9,11H2,1H3/t15-,16+/m0/s1. The van der Waals surface area contributed by atoms with Gasteiger partial charge in [-0.25, -0.2) is 0 Å². The average molecular weight is 272 g/mol. The van der Waals surface area contributed by atoms with E-state index in [9.17, 15) is 5.11 Å². The second kappa shape index (κ2) is 5.77. The van der Waals surface area contributed by atoms with Crippen molar-refractivity contribution in [2.75, 3.05) is 6.54 Å². The predicted molar refractivity (Wildman–Crippen MR) is 76.2 cm³/mol. The summed E-state index contributed by atoms with van der Waals surface area (Å²) in [5.74, 6) is 1.90. The molecule has 0 bridgehead atoms. The van der Waals surface area contributed by atoms with Gasteiger partial charge in [-0.1, -0.05) is 6.07 Å². The molecular weight excluding hydrogens is 252 g/mol. The van der Waals surface area contributed by atoms with Crippen LogP contribution in [0.1, 0.15) is 23.5 Å². The smallest absolute Gasteiger partial charge is 0.118 e. The summed E-state index contributed by atoms with van der Waals surface area (Å²) in [4.78, 5) is 6.45. The number of pyridine rings is 1. The molecule has 0 aliphatic carbocycles. The van der Waals surface area contributed by atoms with E-state index >= 15 is 0 Å². The van der Waals surface area contributed by atoms with Crippen molar-refractivity contribution < 1.29 is 9.52 Å². The van der Waals surface area contributed by atoms with Gasteiger partial charge in [0.25, 0.3) is 0 Å². The fourth-order valence-corrected chi connectivity index (χ4v) is 2.89. The Morgan fingerprint density at radius 2 is 2.30 bits per heavy atom. The molecule has 3 rings (SSSR count). The zero-order valence-corrected chi connectivity index (χ0v) is 11.7. The summed E-state index contributed by atoms with van der Waals surface area (Å²) in [6.45, 7) is 3.62. The van der Waals surface area contributed by atoms with Crippen LogP contribution in [0.4, 0.5) is 0 Å². The van der Waals surface area contributed by atoms with Gasteiger partial charge >= 0.3 is 0 Å². The topological polar surface area (TPSA) is 49.5 Å². The van der Waals surface area contributed by atoms with E-state index in [1.54, 1.807) is 6.20 Å². The third-order valence-corrected chi connectivity index (χ3v) is 3.95. The quantitative estimate of drug-likeness (QED) is 0.926. The normalized spacial score (nSPS) is 23.3. The molecule has 1 aliphatic rings. The Morgan fingerprint density at radius 1 is 1.40 bits per heavy atom. The monoisotopic (exact) mass is 272 g/mol. The van der Waals surface area contributed by atoms with Crippen molar-refractivity contribution in [3.8, 4) is 0 Å². The molecule has 4 heteroatoms. The van der Waals surface area contributed by atoms with Crippen LogP contribution >= 0.6 is 0 Å². The first-order chi connectivity index (χ1) is 9.72. The molecule has 0 saturated carbocycles. The zero-order chi connectivity index (χ0) is 13.9. The summed E-state index contributed by atoms with van der Waals surface area (Å²) in [6.07, 6.45) is 5.03. The fourth-order valence-electron chi connectivity index (χ4n) is 2.89. The fraction of sp³-hybridized carbons (Fsp3) is 0.438. The van der Waals surface area contributed by atoms with E-state index < -0.39 is 0 Å². The maximum Gasteiger partial charge on any atom is 0.118 e. The van der Waals surface area contributed by atoms with Crippen LogP contribution in [0.25, 0.3) is 0 Å². The van der Waals surface area contributed by atoms with Crippen molar-refractivity contribution in [3.63, 3.8) is 0 Å². The lowest BCUT2D eigenvalue weighted by Gasteiger charge is -2.25. The van der Waals surface area contributed by atoms with Crippen LogP contribution in [0.2, 0.25) is 0 Å². The van der Waals surface area contributed by atoms with Gasteiger partial charge < -0.3 is 9.52 Å². The van der Waals surface area contributed by atoms with Crippen LogP contribution in [0.15, 0.2) is 41.1 Å². The molecule has 2 atom stereocenters. The first kappa shape index (κ1) is 13.3. The van der Waals surface area contributed by atoms with Crippen LogP contribution in [-0.2, 0) is 13.0 Å². The highest BCUT2D eigenvalue weighted by Crippen LogP contribution is 2.24. The van der Waals surface area contributed by atoms with Crippen LogP contribution in [0, 0.1) is 6.92 Å². The second-order valence-electron chi connectivity index (χ2n) is 5.47. The first-order valence-electron chi connectivity index (χ1n) is 7.09. The minimum atomic E-state index is -0.272. The van der Waals surface area contributed by atoms with E-state index in [-0.39, 0.29) is 12.1 Å². The molecule has 20 heavy (non-hydrogen) atoms. The van der Waals surface area contributed by atoms with E-state index in [1.165, 1.54) is 5.56 Å². The molecule has 0 unspecified atom stereocenters. The number of aryl methyl sites for hydroxylation is 1. The molecule has 4 nitrogen and oxygen atoms in total. The van der Waals surface area contributed by atoms with Gasteiger partial charge in [-0.2, -0.15) is 0 Å². The highest BCUT2D eigenvalue weighted by atomic mass is 16.3. The Kier molecular flexibility index (Phi) is 3.85. The van der Waals surface area contributed by atoms with E-state index in [0.717, 1.165) is 37.5 Å². The van der Waals surface area contributed by atoms with Crippen LogP contribution < -0.4 is 0 Å². The number of aliphatic hydroxyl groups is 1. The van der Waals surface area contributed by atoms with E-state index in [1.807, 2.05) is 31.3 Å². The van der Waals surface area contributed by atoms with Crippen molar-refractivity contribution >= 4 is 0 Å². The van der Waals surface area contributed by atoms with Crippen molar-refractivity contribution in [1.29, 1.82) is 0 Å². The molecule has 1 N–H and O–H groups in total. The number of aromatic nitrogens is 1. The Labute approximate surface area is 119 Å².